The number of carbonyl (C=O) groups excluding carboxylic acids is 1. The average molecular weight is 303 g/mol. The van der Waals surface area contributed by atoms with Gasteiger partial charge in [0.2, 0.25) is 0 Å². The van der Waals surface area contributed by atoms with Gasteiger partial charge in [-0.15, -0.1) is 0 Å². The zero-order chi connectivity index (χ0) is 16.4. The van der Waals surface area contributed by atoms with E-state index in [1.165, 1.54) is 0 Å². The molecule has 0 radical (unpaired) electrons. The normalized spacial score (nSPS) is 12.9. The van der Waals surface area contributed by atoms with E-state index in [0.29, 0.717) is 11.1 Å². The van der Waals surface area contributed by atoms with Crippen LogP contribution in [0.1, 0.15) is 34.7 Å². The van der Waals surface area contributed by atoms with Crippen molar-refractivity contribution >= 4 is 11.9 Å². The minimum absolute atomic E-state index is 0.373. The SMILES string of the molecule is Cc1cc(C)c(C(CC(=O)O)NC(=O)C(F)(F)F)cc1C. The Kier molecular flexibility index (Phi) is 4.98. The molecule has 2 N–H and O–H groups in total. The molecule has 21 heavy (non-hydrogen) atoms. The smallest absolute Gasteiger partial charge is 0.471 e. The van der Waals surface area contributed by atoms with E-state index >= 15 is 0 Å². The van der Waals surface area contributed by atoms with Crippen molar-refractivity contribution in [3.05, 3.63) is 34.4 Å². The Morgan fingerprint density at radius 1 is 1.14 bits per heavy atom. The Labute approximate surface area is 120 Å². The van der Waals surface area contributed by atoms with Crippen LogP contribution in [0.3, 0.4) is 0 Å². The molecule has 1 aromatic rings. The van der Waals surface area contributed by atoms with Crippen LogP contribution in [0.15, 0.2) is 12.1 Å². The van der Waals surface area contributed by atoms with E-state index in [1.54, 1.807) is 31.3 Å². The number of aryl methyl sites for hydroxylation is 3. The zero-order valence-electron chi connectivity index (χ0n) is 11.8. The minimum atomic E-state index is -5.05. The molecule has 0 aliphatic heterocycles. The number of carboxylic acids is 1. The topological polar surface area (TPSA) is 66.4 Å². The van der Waals surface area contributed by atoms with Crippen molar-refractivity contribution in [2.75, 3.05) is 0 Å². The zero-order valence-corrected chi connectivity index (χ0v) is 11.8. The summed E-state index contributed by atoms with van der Waals surface area (Å²) < 4.78 is 37.0. The summed E-state index contributed by atoms with van der Waals surface area (Å²) in [5.74, 6) is -3.44. The predicted octanol–water partition coefficient (Wildman–Crippen LogP) is 2.81. The van der Waals surface area contributed by atoms with E-state index < -0.39 is 30.5 Å². The molecule has 0 saturated carbocycles. The van der Waals surface area contributed by atoms with Crippen LogP contribution in [0, 0.1) is 20.8 Å². The number of alkyl halides is 3. The van der Waals surface area contributed by atoms with Gasteiger partial charge in [0, 0.05) is 0 Å². The number of carboxylic acid groups (broad SMARTS) is 1. The molecule has 0 fully saturated rings. The van der Waals surface area contributed by atoms with Crippen LogP contribution in [-0.2, 0) is 9.59 Å². The Morgan fingerprint density at radius 3 is 2.14 bits per heavy atom. The molecule has 1 amide bonds. The first-order valence-corrected chi connectivity index (χ1v) is 6.19. The lowest BCUT2D eigenvalue weighted by Crippen LogP contribution is -2.40. The predicted molar refractivity (Wildman–Crippen MR) is 69.8 cm³/mol. The lowest BCUT2D eigenvalue weighted by Gasteiger charge is -2.21. The number of hydrogen-bond acceptors (Lipinski definition) is 2. The number of aliphatic carboxylic acids is 1. The minimum Gasteiger partial charge on any atom is -0.481 e. The number of carbonyl (C=O) groups is 2. The van der Waals surface area contributed by atoms with Crippen molar-refractivity contribution in [2.45, 2.75) is 39.4 Å². The van der Waals surface area contributed by atoms with E-state index in [-0.39, 0.29) is 0 Å². The molecule has 0 heterocycles. The van der Waals surface area contributed by atoms with Gasteiger partial charge < -0.3 is 10.4 Å². The number of benzene rings is 1. The van der Waals surface area contributed by atoms with Crippen LogP contribution in [0.4, 0.5) is 13.2 Å². The lowest BCUT2D eigenvalue weighted by atomic mass is 9.94. The molecular weight excluding hydrogens is 287 g/mol. The van der Waals surface area contributed by atoms with Gasteiger partial charge in [-0.3, -0.25) is 9.59 Å². The Hall–Kier alpha value is -2.05. The summed E-state index contributed by atoms with van der Waals surface area (Å²) in [5, 5.41) is 10.6. The molecule has 0 spiro atoms. The first kappa shape index (κ1) is 17.0. The fourth-order valence-electron chi connectivity index (χ4n) is 2.01. The van der Waals surface area contributed by atoms with E-state index in [1.807, 2.05) is 6.92 Å². The van der Waals surface area contributed by atoms with Crippen molar-refractivity contribution in [2.24, 2.45) is 0 Å². The van der Waals surface area contributed by atoms with Crippen LogP contribution in [0.25, 0.3) is 0 Å². The highest BCUT2D eigenvalue weighted by Crippen LogP contribution is 2.26. The second kappa shape index (κ2) is 6.15. The van der Waals surface area contributed by atoms with Crippen molar-refractivity contribution < 1.29 is 27.9 Å². The second-order valence-electron chi connectivity index (χ2n) is 4.91. The standard InChI is InChI=1S/C14H16F3NO3/c1-7-4-9(3)10(5-8(7)2)11(6-12(19)20)18-13(21)14(15,16)17/h4-5,11H,6H2,1-3H3,(H,18,21)(H,19,20). The second-order valence-corrected chi connectivity index (χ2v) is 4.91. The molecule has 7 heteroatoms. The lowest BCUT2D eigenvalue weighted by molar-refractivity contribution is -0.174. The van der Waals surface area contributed by atoms with Crippen molar-refractivity contribution in [3.63, 3.8) is 0 Å². The monoisotopic (exact) mass is 303 g/mol. The summed E-state index contributed by atoms with van der Waals surface area (Å²) in [4.78, 5) is 21.9. The molecular formula is C14H16F3NO3. The van der Waals surface area contributed by atoms with E-state index in [2.05, 4.69) is 0 Å². The fourth-order valence-corrected chi connectivity index (χ4v) is 2.01. The Bertz CT molecular complexity index is 567. The van der Waals surface area contributed by atoms with Crippen molar-refractivity contribution in [3.8, 4) is 0 Å². The average Bonchev–Trinajstić information content (AvgIpc) is 2.31. The molecule has 0 aliphatic carbocycles. The highest BCUT2D eigenvalue weighted by Gasteiger charge is 2.40. The molecule has 0 saturated heterocycles. The number of hydrogen-bond donors (Lipinski definition) is 2. The number of nitrogens with one attached hydrogen (secondary N) is 1. The van der Waals surface area contributed by atoms with Gasteiger partial charge in [-0.25, -0.2) is 0 Å². The summed E-state index contributed by atoms with van der Waals surface area (Å²) in [6.07, 6.45) is -5.67. The molecule has 4 nitrogen and oxygen atoms in total. The highest BCUT2D eigenvalue weighted by molar-refractivity contribution is 5.82. The quantitative estimate of drug-likeness (QED) is 0.899. The molecule has 0 aliphatic rings. The van der Waals surface area contributed by atoms with Gasteiger partial charge >= 0.3 is 18.1 Å². The van der Waals surface area contributed by atoms with Crippen LogP contribution >= 0.6 is 0 Å². The fraction of sp³-hybridized carbons (Fsp3) is 0.429. The molecule has 116 valence electrons. The van der Waals surface area contributed by atoms with Crippen molar-refractivity contribution in [1.82, 2.24) is 5.32 Å². The summed E-state index contributed by atoms with van der Waals surface area (Å²) >= 11 is 0. The van der Waals surface area contributed by atoms with Gasteiger partial charge in [0.1, 0.15) is 0 Å². The van der Waals surface area contributed by atoms with Gasteiger partial charge in [0.25, 0.3) is 0 Å². The van der Waals surface area contributed by atoms with E-state index in [4.69, 9.17) is 5.11 Å². The maximum atomic E-state index is 12.3. The van der Waals surface area contributed by atoms with Crippen LogP contribution in [0.2, 0.25) is 0 Å². The first-order valence-electron chi connectivity index (χ1n) is 6.19. The largest absolute Gasteiger partial charge is 0.481 e. The van der Waals surface area contributed by atoms with Gasteiger partial charge in [-0.1, -0.05) is 12.1 Å². The molecule has 1 unspecified atom stereocenters. The maximum absolute atomic E-state index is 12.3. The summed E-state index contributed by atoms with van der Waals surface area (Å²) in [6.45, 7) is 5.27. The highest BCUT2D eigenvalue weighted by atomic mass is 19.4. The van der Waals surface area contributed by atoms with Crippen molar-refractivity contribution in [1.29, 1.82) is 0 Å². The van der Waals surface area contributed by atoms with E-state index in [9.17, 15) is 22.8 Å². The molecule has 1 atom stereocenters. The van der Waals surface area contributed by atoms with Crippen LogP contribution in [-0.4, -0.2) is 23.2 Å². The molecule has 0 aromatic heterocycles. The van der Waals surface area contributed by atoms with Crippen LogP contribution < -0.4 is 5.32 Å². The third-order valence-corrected chi connectivity index (χ3v) is 3.20. The summed E-state index contributed by atoms with van der Waals surface area (Å²) in [6, 6.07) is 2.13. The van der Waals surface area contributed by atoms with Crippen LogP contribution in [0.5, 0.6) is 0 Å². The van der Waals surface area contributed by atoms with Gasteiger partial charge in [0.15, 0.2) is 0 Å². The third-order valence-electron chi connectivity index (χ3n) is 3.20. The van der Waals surface area contributed by atoms with Gasteiger partial charge in [-0.05, 0) is 43.0 Å². The third kappa shape index (κ3) is 4.47. The number of halogens is 3. The molecule has 0 bridgehead atoms. The number of rotatable bonds is 4. The Morgan fingerprint density at radius 2 is 1.67 bits per heavy atom. The van der Waals surface area contributed by atoms with E-state index in [0.717, 1.165) is 11.1 Å². The van der Waals surface area contributed by atoms with Gasteiger partial charge in [0.05, 0.1) is 12.5 Å². The summed E-state index contributed by atoms with van der Waals surface area (Å²) in [7, 11) is 0. The molecule has 1 rings (SSSR count). The molecule has 1 aromatic carbocycles. The number of amides is 1. The first-order chi connectivity index (χ1) is 9.52. The van der Waals surface area contributed by atoms with Gasteiger partial charge in [-0.2, -0.15) is 13.2 Å². The Balaban J connectivity index is 3.17. The maximum Gasteiger partial charge on any atom is 0.471 e. The summed E-state index contributed by atoms with van der Waals surface area (Å²) in [5.41, 5.74) is 2.75.